The number of fused-ring (bicyclic) bond motifs is 1. The molecule has 11 heteroatoms. The highest BCUT2D eigenvalue weighted by Gasteiger charge is 2.22. The third-order valence-electron chi connectivity index (χ3n) is 5.46. The van der Waals surface area contributed by atoms with E-state index in [4.69, 9.17) is 19.0 Å². The smallest absolute Gasteiger partial charge is 0.204 e. The number of nitrogens with zero attached hydrogens (tertiary/aromatic N) is 6. The quantitative estimate of drug-likeness (QED) is 0.355. The van der Waals surface area contributed by atoms with Crippen molar-refractivity contribution in [1.29, 1.82) is 0 Å². The summed E-state index contributed by atoms with van der Waals surface area (Å²) in [6.45, 7) is 1.98. The van der Waals surface area contributed by atoms with Gasteiger partial charge in [-0.25, -0.2) is 14.4 Å². The van der Waals surface area contributed by atoms with E-state index in [-0.39, 0.29) is 18.0 Å². The average molecular weight is 476 g/mol. The zero-order valence-corrected chi connectivity index (χ0v) is 19.6. The van der Waals surface area contributed by atoms with E-state index in [0.29, 0.717) is 39.9 Å². The van der Waals surface area contributed by atoms with Crippen molar-refractivity contribution in [1.82, 2.24) is 25.2 Å². The van der Waals surface area contributed by atoms with Crippen molar-refractivity contribution in [3.63, 3.8) is 0 Å². The van der Waals surface area contributed by atoms with Crippen LogP contribution in [0.15, 0.2) is 53.4 Å². The maximum Gasteiger partial charge on any atom is 0.204 e. The van der Waals surface area contributed by atoms with Gasteiger partial charge in [0.2, 0.25) is 6.20 Å². The number of aromatic nitrogens is 6. The molecular formula is C24H23FN7O3+. The van der Waals surface area contributed by atoms with Gasteiger partial charge in [0, 0.05) is 18.2 Å². The molecule has 0 saturated carbocycles. The van der Waals surface area contributed by atoms with E-state index in [1.165, 1.54) is 20.3 Å². The molecule has 0 saturated heterocycles. The summed E-state index contributed by atoms with van der Waals surface area (Å²) in [4.78, 5) is 15.6. The van der Waals surface area contributed by atoms with Crippen LogP contribution in [0.3, 0.4) is 0 Å². The zero-order valence-electron chi connectivity index (χ0n) is 19.6. The summed E-state index contributed by atoms with van der Waals surface area (Å²) in [6.07, 6.45) is 5.42. The van der Waals surface area contributed by atoms with Gasteiger partial charge in [-0.3, -0.25) is 4.98 Å². The Balaban J connectivity index is 1.65. The number of aromatic amines is 1. The first kappa shape index (κ1) is 22.3. The highest BCUT2D eigenvalue weighted by Crippen LogP contribution is 2.37. The predicted molar refractivity (Wildman–Crippen MR) is 125 cm³/mol. The molecule has 0 fully saturated rings. The normalized spacial score (nSPS) is 11.1. The van der Waals surface area contributed by atoms with Crippen LogP contribution in [0, 0.1) is 12.7 Å². The highest BCUT2D eigenvalue weighted by molar-refractivity contribution is 5.77. The van der Waals surface area contributed by atoms with Gasteiger partial charge >= 0.3 is 0 Å². The molecule has 0 bridgehead atoms. The van der Waals surface area contributed by atoms with Gasteiger partial charge in [0.25, 0.3) is 0 Å². The van der Waals surface area contributed by atoms with E-state index < -0.39 is 5.82 Å². The van der Waals surface area contributed by atoms with Gasteiger partial charge in [-0.1, -0.05) is 5.16 Å². The van der Waals surface area contributed by atoms with Gasteiger partial charge in [0.15, 0.2) is 24.3 Å². The summed E-state index contributed by atoms with van der Waals surface area (Å²) >= 11 is 0. The molecule has 4 aromatic heterocycles. The largest absolute Gasteiger partial charge is 0.497 e. The first-order chi connectivity index (χ1) is 16.9. The van der Waals surface area contributed by atoms with Crippen molar-refractivity contribution >= 4 is 22.7 Å². The maximum absolute atomic E-state index is 15.5. The van der Waals surface area contributed by atoms with Gasteiger partial charge < -0.3 is 18.9 Å². The fraction of sp³-hybridized carbons (Fsp3) is 0.208. The number of H-pyrrole nitrogens is 1. The second-order valence-corrected chi connectivity index (χ2v) is 7.91. The van der Waals surface area contributed by atoms with Crippen LogP contribution in [-0.2, 0) is 13.6 Å². The molecule has 178 valence electrons. The number of ether oxygens (including phenoxy) is 2. The summed E-state index contributed by atoms with van der Waals surface area (Å²) in [5.41, 5.74) is 3.36. The second kappa shape index (κ2) is 9.01. The Bertz CT molecular complexity index is 1510. The summed E-state index contributed by atoms with van der Waals surface area (Å²) in [7, 11) is 4.79. The minimum Gasteiger partial charge on any atom is -0.497 e. The molecule has 5 aromatic rings. The van der Waals surface area contributed by atoms with Crippen LogP contribution in [0.4, 0.5) is 15.9 Å². The number of pyridine rings is 1. The Labute approximate surface area is 199 Å². The summed E-state index contributed by atoms with van der Waals surface area (Å²) < 4.78 is 33.2. The van der Waals surface area contributed by atoms with Gasteiger partial charge in [0.05, 0.1) is 50.1 Å². The lowest BCUT2D eigenvalue weighted by atomic mass is 10.2. The lowest BCUT2D eigenvalue weighted by molar-refractivity contribution is -0.726. The maximum atomic E-state index is 15.5. The van der Waals surface area contributed by atoms with E-state index in [1.54, 1.807) is 42.3 Å². The number of halogens is 1. The fourth-order valence-electron chi connectivity index (χ4n) is 3.74. The lowest BCUT2D eigenvalue weighted by Crippen LogP contribution is -2.27. The van der Waals surface area contributed by atoms with Crippen molar-refractivity contribution in [2.24, 2.45) is 7.05 Å². The summed E-state index contributed by atoms with van der Waals surface area (Å²) in [5, 5.41) is 7.14. The lowest BCUT2D eigenvalue weighted by Gasteiger charge is -2.24. The topological polar surface area (TPSA) is 106 Å². The molecule has 35 heavy (non-hydrogen) atoms. The van der Waals surface area contributed by atoms with E-state index in [0.717, 1.165) is 5.56 Å². The van der Waals surface area contributed by atoms with Crippen LogP contribution in [0.2, 0.25) is 0 Å². The van der Waals surface area contributed by atoms with Crippen molar-refractivity contribution in [3.05, 3.63) is 66.2 Å². The Kier molecular flexibility index (Phi) is 5.73. The van der Waals surface area contributed by atoms with E-state index in [2.05, 4.69) is 20.2 Å². The van der Waals surface area contributed by atoms with Crippen molar-refractivity contribution < 1.29 is 23.1 Å². The van der Waals surface area contributed by atoms with E-state index in [9.17, 15) is 0 Å². The molecule has 1 aromatic carbocycles. The first-order valence-electron chi connectivity index (χ1n) is 10.7. The van der Waals surface area contributed by atoms with Gasteiger partial charge in [0.1, 0.15) is 28.5 Å². The number of aryl methyl sites for hydroxylation is 2. The molecule has 4 heterocycles. The number of hydrogen-bond acceptors (Lipinski definition) is 8. The Morgan fingerprint density at radius 3 is 2.69 bits per heavy atom. The number of anilines is 2. The SMILES string of the molecule is COc1cc(OC)c(F)c(N(Cc2cc(C)on2)c2ccc3ncc(-c4c[nH][n+](C)c4)nc3n2)c1. The van der Waals surface area contributed by atoms with Crippen molar-refractivity contribution in [2.75, 3.05) is 19.1 Å². The minimum absolute atomic E-state index is 0.0453. The standard InChI is InChI=1S/C24H22FN7O3/c1-14-7-16(30-35-14)13-32(20-8-17(33-3)9-21(34-4)23(20)25)22-6-5-18-24(29-22)28-19(11-26-18)15-10-27-31(2)12-15/h5-12H,13H2,1-4H3/p+1. The van der Waals surface area contributed by atoms with Crippen molar-refractivity contribution in [3.8, 4) is 22.8 Å². The number of benzene rings is 1. The van der Waals surface area contributed by atoms with E-state index in [1.807, 2.05) is 24.1 Å². The zero-order chi connectivity index (χ0) is 24.5. The molecule has 0 atom stereocenters. The summed E-state index contributed by atoms with van der Waals surface area (Å²) in [5.74, 6) is 1.01. The summed E-state index contributed by atoms with van der Waals surface area (Å²) in [6, 6.07) is 8.40. The molecule has 0 radical (unpaired) electrons. The van der Waals surface area contributed by atoms with Gasteiger partial charge in [-0.15, -0.1) is 4.68 Å². The third kappa shape index (κ3) is 4.35. The fourth-order valence-corrected chi connectivity index (χ4v) is 3.74. The van der Waals surface area contributed by atoms with Crippen LogP contribution in [0.25, 0.3) is 22.4 Å². The minimum atomic E-state index is -0.560. The molecule has 0 amide bonds. The number of hydrogen-bond donors (Lipinski definition) is 1. The number of rotatable bonds is 7. The van der Waals surface area contributed by atoms with Gasteiger partial charge in [-0.2, -0.15) is 5.10 Å². The second-order valence-electron chi connectivity index (χ2n) is 7.91. The van der Waals surface area contributed by atoms with E-state index >= 15 is 4.39 Å². The monoisotopic (exact) mass is 476 g/mol. The first-order valence-corrected chi connectivity index (χ1v) is 10.7. The van der Waals surface area contributed by atoms with Gasteiger partial charge in [-0.05, 0) is 19.1 Å². The third-order valence-corrected chi connectivity index (χ3v) is 5.46. The molecule has 0 unspecified atom stereocenters. The Hall–Kier alpha value is -4.54. The average Bonchev–Trinajstić information content (AvgIpc) is 3.50. The molecule has 5 rings (SSSR count). The Morgan fingerprint density at radius 1 is 1.14 bits per heavy atom. The van der Waals surface area contributed by atoms with Crippen molar-refractivity contribution in [2.45, 2.75) is 13.5 Å². The van der Waals surface area contributed by atoms with Crippen LogP contribution in [-0.4, -0.2) is 39.4 Å². The molecule has 0 spiro atoms. The highest BCUT2D eigenvalue weighted by atomic mass is 19.1. The Morgan fingerprint density at radius 2 is 2.00 bits per heavy atom. The molecule has 0 aliphatic heterocycles. The molecule has 0 aliphatic rings. The van der Waals surface area contributed by atoms with Crippen LogP contribution < -0.4 is 19.1 Å². The molecule has 1 N–H and O–H groups in total. The predicted octanol–water partition coefficient (Wildman–Crippen LogP) is 3.64. The molecular weight excluding hydrogens is 453 g/mol. The van der Waals surface area contributed by atoms with Crippen LogP contribution >= 0.6 is 0 Å². The molecule has 10 nitrogen and oxygen atoms in total. The van der Waals surface area contributed by atoms with Crippen LogP contribution in [0.5, 0.6) is 11.5 Å². The number of nitrogens with one attached hydrogen (secondary N) is 1. The van der Waals surface area contributed by atoms with Crippen LogP contribution in [0.1, 0.15) is 11.5 Å². The molecule has 0 aliphatic carbocycles. The number of methoxy groups -OCH3 is 2.